The molecule has 0 saturated carbocycles. The van der Waals surface area contributed by atoms with E-state index in [1.807, 2.05) is 36.7 Å². The van der Waals surface area contributed by atoms with Gasteiger partial charge in [0, 0.05) is 35.3 Å². The Morgan fingerprint density at radius 2 is 2.20 bits per heavy atom. The van der Waals surface area contributed by atoms with Crippen molar-refractivity contribution in [2.75, 3.05) is 12.8 Å². The maximum Gasteiger partial charge on any atom is 0.0537 e. The molecule has 0 spiro atoms. The first-order valence-corrected chi connectivity index (χ1v) is 6.20. The second kappa shape index (κ2) is 5.03. The Kier molecular flexibility index (Phi) is 4.22. The second-order valence-electron chi connectivity index (χ2n) is 4.71. The van der Waals surface area contributed by atoms with E-state index in [0.29, 0.717) is 10.8 Å². The van der Waals surface area contributed by atoms with Crippen molar-refractivity contribution in [3.63, 3.8) is 0 Å². The van der Waals surface area contributed by atoms with E-state index in [9.17, 15) is 0 Å². The first kappa shape index (κ1) is 12.6. The summed E-state index contributed by atoms with van der Waals surface area (Å²) in [5.41, 5.74) is 1.26. The first-order chi connectivity index (χ1) is 6.92. The van der Waals surface area contributed by atoms with E-state index in [2.05, 4.69) is 37.4 Å². The minimum Gasteiger partial charge on any atom is -0.312 e. The highest BCUT2D eigenvalue weighted by Crippen LogP contribution is 2.27. The maximum atomic E-state index is 4.20. The van der Waals surface area contributed by atoms with E-state index in [1.165, 1.54) is 5.56 Å². The van der Waals surface area contributed by atoms with Gasteiger partial charge < -0.3 is 5.32 Å². The third kappa shape index (κ3) is 4.26. The molecule has 0 fully saturated rings. The van der Waals surface area contributed by atoms with Gasteiger partial charge in [0.25, 0.3) is 0 Å². The lowest BCUT2D eigenvalue weighted by molar-refractivity contribution is 0.655. The van der Waals surface area contributed by atoms with Crippen LogP contribution in [0, 0.1) is 0 Å². The number of hydrogen-bond acceptors (Lipinski definition) is 3. The van der Waals surface area contributed by atoms with Crippen molar-refractivity contribution in [1.82, 2.24) is 15.1 Å². The molecule has 1 unspecified atom stereocenters. The molecule has 0 aliphatic rings. The van der Waals surface area contributed by atoms with Crippen molar-refractivity contribution < 1.29 is 0 Å². The van der Waals surface area contributed by atoms with Gasteiger partial charge in [0.05, 0.1) is 6.20 Å². The third-order valence-electron chi connectivity index (χ3n) is 2.16. The molecule has 1 heterocycles. The second-order valence-corrected chi connectivity index (χ2v) is 6.56. The van der Waals surface area contributed by atoms with E-state index in [1.54, 1.807) is 0 Å². The lowest BCUT2D eigenvalue weighted by Gasteiger charge is -2.21. The highest BCUT2D eigenvalue weighted by atomic mass is 32.2. The fraction of sp³-hybridized carbons (Fsp3) is 0.727. The highest BCUT2D eigenvalue weighted by molar-refractivity contribution is 8.00. The Hall–Kier alpha value is -0.480. The van der Waals surface area contributed by atoms with Crippen LogP contribution in [0.5, 0.6) is 0 Å². The molecule has 0 aliphatic heterocycles. The monoisotopic (exact) mass is 227 g/mol. The lowest BCUT2D eigenvalue weighted by Crippen LogP contribution is -2.21. The normalized spacial score (nSPS) is 14.2. The molecule has 0 aliphatic carbocycles. The number of nitrogens with one attached hydrogen (secondary N) is 1. The van der Waals surface area contributed by atoms with E-state index in [-0.39, 0.29) is 0 Å². The number of rotatable bonds is 4. The van der Waals surface area contributed by atoms with E-state index < -0.39 is 0 Å². The molecule has 0 radical (unpaired) electrons. The van der Waals surface area contributed by atoms with Crippen LogP contribution in [0.2, 0.25) is 0 Å². The molecule has 0 bridgehead atoms. The van der Waals surface area contributed by atoms with Crippen LogP contribution in [0.1, 0.15) is 32.4 Å². The van der Waals surface area contributed by atoms with Crippen LogP contribution in [0.25, 0.3) is 0 Å². The van der Waals surface area contributed by atoms with E-state index >= 15 is 0 Å². The summed E-state index contributed by atoms with van der Waals surface area (Å²) in [5, 5.41) is 7.53. The molecule has 0 amide bonds. The van der Waals surface area contributed by atoms with Crippen molar-refractivity contribution >= 4 is 11.8 Å². The van der Waals surface area contributed by atoms with E-state index in [0.717, 1.165) is 5.75 Å². The lowest BCUT2D eigenvalue weighted by atomic mass is 10.2. The van der Waals surface area contributed by atoms with Gasteiger partial charge in [-0.25, -0.2) is 0 Å². The Morgan fingerprint density at radius 1 is 1.53 bits per heavy atom. The molecule has 0 aromatic carbocycles. The zero-order valence-corrected chi connectivity index (χ0v) is 11.1. The van der Waals surface area contributed by atoms with Crippen LogP contribution in [0.15, 0.2) is 12.4 Å². The smallest absolute Gasteiger partial charge is 0.0537 e. The van der Waals surface area contributed by atoms with Crippen molar-refractivity contribution in [2.45, 2.75) is 31.6 Å². The predicted molar refractivity (Wildman–Crippen MR) is 67.2 cm³/mol. The van der Waals surface area contributed by atoms with Gasteiger partial charge in [-0.3, -0.25) is 4.68 Å². The van der Waals surface area contributed by atoms with Gasteiger partial charge >= 0.3 is 0 Å². The average Bonchev–Trinajstić information content (AvgIpc) is 2.51. The summed E-state index contributed by atoms with van der Waals surface area (Å²) >= 11 is 1.97. The Labute approximate surface area is 96.6 Å². The number of nitrogens with zero attached hydrogens (tertiary/aromatic N) is 2. The molecule has 4 heteroatoms. The average molecular weight is 227 g/mol. The minimum absolute atomic E-state index is 0.317. The molecule has 86 valence electrons. The number of aromatic nitrogens is 2. The van der Waals surface area contributed by atoms with Gasteiger partial charge in [-0.15, -0.1) is 0 Å². The molecule has 0 saturated heterocycles. The molecular formula is C11H21N3S. The minimum atomic E-state index is 0.317. The number of hydrogen-bond donors (Lipinski definition) is 1. The quantitative estimate of drug-likeness (QED) is 0.855. The predicted octanol–water partition coefficient (Wildman–Crippen LogP) is 2.21. The first-order valence-electron chi connectivity index (χ1n) is 5.22. The SMILES string of the molecule is CNC(CSC(C)(C)C)c1cnn(C)c1. The summed E-state index contributed by atoms with van der Waals surface area (Å²) < 4.78 is 2.17. The molecule has 15 heavy (non-hydrogen) atoms. The summed E-state index contributed by atoms with van der Waals surface area (Å²) in [7, 11) is 3.95. The van der Waals surface area contributed by atoms with Gasteiger partial charge in [0.15, 0.2) is 0 Å². The molecule has 1 atom stereocenters. The van der Waals surface area contributed by atoms with Crippen LogP contribution >= 0.6 is 11.8 Å². The fourth-order valence-corrected chi connectivity index (χ4v) is 2.33. The van der Waals surface area contributed by atoms with Crippen LogP contribution < -0.4 is 5.32 Å². The summed E-state index contributed by atoms with van der Waals surface area (Å²) in [6.45, 7) is 6.73. The van der Waals surface area contributed by atoms with Crippen LogP contribution in [0.4, 0.5) is 0 Å². The van der Waals surface area contributed by atoms with Crippen LogP contribution in [0.3, 0.4) is 0 Å². The Balaban J connectivity index is 2.57. The van der Waals surface area contributed by atoms with Crippen LogP contribution in [-0.2, 0) is 7.05 Å². The van der Waals surface area contributed by atoms with Crippen molar-refractivity contribution in [3.8, 4) is 0 Å². The molecule has 3 nitrogen and oxygen atoms in total. The topological polar surface area (TPSA) is 29.9 Å². The maximum absolute atomic E-state index is 4.20. The van der Waals surface area contributed by atoms with Crippen molar-refractivity contribution in [1.29, 1.82) is 0 Å². The molecular weight excluding hydrogens is 206 g/mol. The zero-order valence-electron chi connectivity index (χ0n) is 10.2. The zero-order chi connectivity index (χ0) is 11.5. The van der Waals surface area contributed by atoms with Gasteiger partial charge in [-0.1, -0.05) is 20.8 Å². The highest BCUT2D eigenvalue weighted by Gasteiger charge is 2.16. The third-order valence-corrected chi connectivity index (χ3v) is 3.52. The van der Waals surface area contributed by atoms with E-state index in [4.69, 9.17) is 0 Å². The Bertz CT molecular complexity index is 301. The van der Waals surface area contributed by atoms with Crippen LogP contribution in [-0.4, -0.2) is 27.3 Å². The molecule has 1 N–H and O–H groups in total. The summed E-state index contributed by atoms with van der Waals surface area (Å²) in [6.07, 6.45) is 4.01. The standard InChI is InChI=1S/C11H21N3S/c1-11(2,3)15-8-10(12-4)9-6-13-14(5)7-9/h6-7,10,12H,8H2,1-5H3. The van der Waals surface area contributed by atoms with Crippen molar-refractivity contribution in [3.05, 3.63) is 18.0 Å². The molecule has 1 rings (SSSR count). The summed E-state index contributed by atoms with van der Waals surface area (Å²) in [5.74, 6) is 1.08. The largest absolute Gasteiger partial charge is 0.312 e. The molecule has 1 aromatic rings. The molecule has 1 aromatic heterocycles. The van der Waals surface area contributed by atoms with Gasteiger partial charge in [0.2, 0.25) is 0 Å². The summed E-state index contributed by atoms with van der Waals surface area (Å²) in [6, 6.07) is 0.392. The summed E-state index contributed by atoms with van der Waals surface area (Å²) in [4.78, 5) is 0. The Morgan fingerprint density at radius 3 is 2.60 bits per heavy atom. The van der Waals surface area contributed by atoms with Gasteiger partial charge in [-0.05, 0) is 7.05 Å². The fourth-order valence-electron chi connectivity index (χ4n) is 1.30. The van der Waals surface area contributed by atoms with Gasteiger partial charge in [0.1, 0.15) is 0 Å². The number of aryl methyl sites for hydroxylation is 1. The number of thioether (sulfide) groups is 1. The van der Waals surface area contributed by atoms with Gasteiger partial charge in [-0.2, -0.15) is 16.9 Å². The van der Waals surface area contributed by atoms with Crippen molar-refractivity contribution in [2.24, 2.45) is 7.05 Å².